The first kappa shape index (κ1) is 52.0. The fourth-order valence-corrected chi connectivity index (χ4v) is 8.71. The minimum atomic E-state index is -0.511. The molecule has 2 saturated heterocycles. The van der Waals surface area contributed by atoms with Crippen molar-refractivity contribution in [1.29, 1.82) is 0 Å². The highest BCUT2D eigenvalue weighted by molar-refractivity contribution is 5.85. The van der Waals surface area contributed by atoms with Gasteiger partial charge in [-0.1, -0.05) is 91.0 Å². The van der Waals surface area contributed by atoms with Crippen molar-refractivity contribution in [3.63, 3.8) is 0 Å². The lowest BCUT2D eigenvalue weighted by atomic mass is 10.1. The summed E-state index contributed by atoms with van der Waals surface area (Å²) >= 11 is 0. The fourth-order valence-electron chi connectivity index (χ4n) is 8.71. The van der Waals surface area contributed by atoms with Crippen molar-refractivity contribution in [2.24, 2.45) is 0 Å². The van der Waals surface area contributed by atoms with Crippen LogP contribution in [0.5, 0.6) is 11.5 Å². The number of piperazine rings is 2. The maximum absolute atomic E-state index is 13.3. The Hall–Kier alpha value is -7.79. The minimum Gasteiger partial charge on any atom is -0.423 e. The number of aryl methyl sites for hydroxylation is 2. The summed E-state index contributed by atoms with van der Waals surface area (Å²) in [6, 6.07) is 41.6. The number of hydrogen-bond donors (Lipinski definition) is 3. The molecule has 0 bridgehead atoms. The highest BCUT2D eigenvalue weighted by Crippen LogP contribution is 2.25. The van der Waals surface area contributed by atoms with E-state index in [0.717, 1.165) is 39.6 Å². The molecule has 4 amide bonds. The molecule has 72 heavy (non-hydrogen) atoms. The summed E-state index contributed by atoms with van der Waals surface area (Å²) in [5.74, 6) is 0.381. The van der Waals surface area contributed by atoms with Gasteiger partial charge in [0.1, 0.15) is 22.7 Å². The second kappa shape index (κ2) is 24.9. The molecule has 374 valence electrons. The van der Waals surface area contributed by atoms with Crippen molar-refractivity contribution in [2.75, 3.05) is 52.4 Å². The van der Waals surface area contributed by atoms with Crippen LogP contribution in [0.2, 0.25) is 0 Å². The van der Waals surface area contributed by atoms with Gasteiger partial charge in [-0.2, -0.15) is 0 Å². The summed E-state index contributed by atoms with van der Waals surface area (Å²) in [6.07, 6.45) is -0.463. The number of hydrogen-bond acceptors (Lipinski definition) is 12. The van der Waals surface area contributed by atoms with Crippen LogP contribution in [-0.2, 0) is 29.0 Å². The van der Waals surface area contributed by atoms with Crippen molar-refractivity contribution in [1.82, 2.24) is 30.7 Å². The average molecular weight is 998 g/mol. The third kappa shape index (κ3) is 14.2. The van der Waals surface area contributed by atoms with Crippen LogP contribution in [0.1, 0.15) is 27.8 Å². The molecule has 9 rings (SSSR count). The van der Waals surface area contributed by atoms with E-state index < -0.39 is 23.4 Å². The molecule has 5 aromatic carbocycles. The minimum absolute atomic E-state index is 0. The Labute approximate surface area is 422 Å². The zero-order valence-electron chi connectivity index (χ0n) is 40.0. The van der Waals surface area contributed by atoms with E-state index in [1.54, 1.807) is 46.2 Å². The molecule has 7 aromatic rings. The summed E-state index contributed by atoms with van der Waals surface area (Å²) in [7, 11) is 0. The van der Waals surface area contributed by atoms with Crippen molar-refractivity contribution in [2.45, 2.75) is 45.3 Å². The van der Waals surface area contributed by atoms with Gasteiger partial charge in [0.05, 0.1) is 24.9 Å². The number of benzene rings is 5. The highest BCUT2D eigenvalue weighted by Gasteiger charge is 2.33. The van der Waals surface area contributed by atoms with E-state index in [4.69, 9.17) is 18.3 Å². The van der Waals surface area contributed by atoms with E-state index in [-0.39, 0.29) is 49.1 Å². The molecule has 2 atom stereocenters. The number of rotatable bonds is 12. The molecule has 16 nitrogen and oxygen atoms in total. The summed E-state index contributed by atoms with van der Waals surface area (Å²) in [4.78, 5) is 80.2. The van der Waals surface area contributed by atoms with Crippen molar-refractivity contribution >= 4 is 58.3 Å². The van der Waals surface area contributed by atoms with Crippen LogP contribution in [0.15, 0.2) is 158 Å². The SMILES string of the molecule is Cc1cc(=O)oc2cc(OC(=O)N3CCN(Cc4ccccc4)CC3CNC(=O)Cc3ccccc3)ccc12.Cc1cc(=O)oc2cc(OC(=O)N3CCNCC3CNC(=O)Cc3ccccc3)ccc12.Cl. The Morgan fingerprint density at radius 3 is 1.54 bits per heavy atom. The molecule has 2 aliphatic rings. The number of nitrogens with zero attached hydrogens (tertiary/aromatic N) is 3. The third-order valence-corrected chi connectivity index (χ3v) is 12.4. The topological polar surface area (TPSA) is 193 Å². The Balaban J connectivity index is 0.000000212. The van der Waals surface area contributed by atoms with Crippen LogP contribution in [0.25, 0.3) is 21.9 Å². The fraction of sp³-hybridized carbons (Fsp3) is 0.273. The molecular formula is C55H57ClN6O10. The molecule has 0 aliphatic carbocycles. The second-order valence-corrected chi connectivity index (χ2v) is 17.6. The van der Waals surface area contributed by atoms with Crippen molar-refractivity contribution < 1.29 is 37.5 Å². The van der Waals surface area contributed by atoms with E-state index in [9.17, 15) is 28.8 Å². The zero-order valence-corrected chi connectivity index (χ0v) is 40.9. The molecule has 2 fully saturated rings. The predicted molar refractivity (Wildman–Crippen MR) is 276 cm³/mol. The summed E-state index contributed by atoms with van der Waals surface area (Å²) < 4.78 is 21.8. The van der Waals surface area contributed by atoms with E-state index in [2.05, 4.69) is 33.0 Å². The highest BCUT2D eigenvalue weighted by atomic mass is 35.5. The first-order valence-corrected chi connectivity index (χ1v) is 23.6. The number of halogens is 1. The number of ether oxygens (including phenoxy) is 2. The normalized spacial score (nSPS) is 15.6. The lowest BCUT2D eigenvalue weighted by molar-refractivity contribution is -0.121. The standard InChI is InChI=1S/C31H31N3O5.C24H25N3O5.ClH/c1-22-16-30(36)39-28-18-26(12-13-27(22)28)38-31(37)34-15-14-33(20-24-10-6-3-7-11-24)21-25(34)19-32-29(35)17-23-8-4-2-5-9-23;1-16-11-23(29)32-21-13-19(7-8-20(16)21)31-24(30)27-10-9-25-14-18(27)15-26-22(28)12-17-5-3-2-4-6-17;/h2-13,16,18,25H,14-15,17,19-21H2,1H3,(H,32,35);2-8,11,13,18,25H,9-10,12,14-15H2,1H3,(H,26,28);1H. The Kier molecular flexibility index (Phi) is 18.0. The Morgan fingerprint density at radius 1 is 0.583 bits per heavy atom. The summed E-state index contributed by atoms with van der Waals surface area (Å²) in [5, 5.41) is 10.7. The molecular weight excluding hydrogens is 940 g/mol. The largest absolute Gasteiger partial charge is 0.423 e. The van der Waals surface area contributed by atoms with Gasteiger partial charge in [-0.25, -0.2) is 19.2 Å². The number of nitrogens with one attached hydrogen (secondary N) is 3. The van der Waals surface area contributed by atoms with E-state index >= 15 is 0 Å². The Bertz CT molecular complexity index is 3100. The zero-order chi connectivity index (χ0) is 49.7. The first-order chi connectivity index (χ1) is 34.4. The number of fused-ring (bicyclic) bond motifs is 2. The van der Waals surface area contributed by atoms with Crippen LogP contribution in [0.4, 0.5) is 9.59 Å². The summed E-state index contributed by atoms with van der Waals surface area (Å²) in [5.41, 5.74) is 4.46. The van der Waals surface area contributed by atoms with E-state index in [1.807, 2.05) is 92.7 Å². The smallest absolute Gasteiger partial charge is 0.415 e. The lowest BCUT2D eigenvalue weighted by Crippen LogP contribution is -2.59. The quantitative estimate of drug-likeness (QED) is 0.109. The average Bonchev–Trinajstić information content (AvgIpc) is 3.36. The molecule has 17 heteroatoms. The van der Waals surface area contributed by atoms with Gasteiger partial charge in [0.25, 0.3) is 0 Å². The number of carbonyl (C=O) groups is 4. The molecule has 2 unspecified atom stereocenters. The molecule has 0 spiro atoms. The molecule has 2 aromatic heterocycles. The van der Waals surface area contributed by atoms with Gasteiger partial charge < -0.3 is 44.1 Å². The summed E-state index contributed by atoms with van der Waals surface area (Å²) in [6.45, 7) is 8.37. The van der Waals surface area contributed by atoms with E-state index in [1.165, 1.54) is 17.7 Å². The molecule has 0 saturated carbocycles. The third-order valence-electron chi connectivity index (χ3n) is 12.4. The second-order valence-electron chi connectivity index (χ2n) is 17.6. The van der Waals surface area contributed by atoms with Crippen LogP contribution in [0, 0.1) is 13.8 Å². The lowest BCUT2D eigenvalue weighted by Gasteiger charge is -2.40. The molecule has 0 radical (unpaired) electrons. The van der Waals surface area contributed by atoms with Crippen LogP contribution in [0.3, 0.4) is 0 Å². The van der Waals surface area contributed by atoms with Gasteiger partial charge in [0.2, 0.25) is 11.8 Å². The maximum Gasteiger partial charge on any atom is 0.415 e. The number of carbonyl (C=O) groups excluding carboxylic acids is 4. The molecule has 2 aliphatic heterocycles. The molecule has 4 heterocycles. The van der Waals surface area contributed by atoms with Crippen LogP contribution in [-0.4, -0.2) is 103 Å². The molecule has 3 N–H and O–H groups in total. The van der Waals surface area contributed by atoms with Crippen LogP contribution < -0.4 is 36.7 Å². The van der Waals surface area contributed by atoms with Crippen molar-refractivity contribution in [3.05, 3.63) is 188 Å². The van der Waals surface area contributed by atoms with Gasteiger partial charge in [0.15, 0.2) is 0 Å². The monoisotopic (exact) mass is 996 g/mol. The van der Waals surface area contributed by atoms with Crippen LogP contribution >= 0.6 is 12.4 Å². The van der Waals surface area contributed by atoms with Gasteiger partial charge in [0, 0.05) is 93.9 Å². The first-order valence-electron chi connectivity index (χ1n) is 23.6. The van der Waals surface area contributed by atoms with Gasteiger partial charge in [-0.05, 0) is 65.9 Å². The van der Waals surface area contributed by atoms with Gasteiger partial charge in [-0.3, -0.25) is 14.5 Å². The van der Waals surface area contributed by atoms with Crippen molar-refractivity contribution in [3.8, 4) is 11.5 Å². The maximum atomic E-state index is 13.3. The number of amides is 4. The predicted octanol–water partition coefficient (Wildman–Crippen LogP) is 6.80. The van der Waals surface area contributed by atoms with Gasteiger partial charge >= 0.3 is 23.4 Å². The van der Waals surface area contributed by atoms with E-state index in [0.29, 0.717) is 75.0 Å². The van der Waals surface area contributed by atoms with Gasteiger partial charge in [-0.15, -0.1) is 12.4 Å². The Morgan fingerprint density at radius 2 is 1.04 bits per heavy atom.